The highest BCUT2D eigenvalue weighted by Gasteiger charge is 2.24. The maximum atomic E-state index is 5.70. The lowest BCUT2D eigenvalue weighted by molar-refractivity contribution is 1.07. The smallest absolute Gasteiger partial charge is 0.166 e. The predicted octanol–water partition coefficient (Wildman–Crippen LogP) is 13.2. The summed E-state index contributed by atoms with van der Waals surface area (Å²) in [7, 11) is 0. The summed E-state index contributed by atoms with van der Waals surface area (Å²) < 4.78 is 0. The molecule has 0 N–H and O–H groups in total. The van der Waals surface area contributed by atoms with Gasteiger partial charge in [-0.1, -0.05) is 194 Å². The first kappa shape index (κ1) is 35.0. The lowest BCUT2D eigenvalue weighted by Gasteiger charge is -2.18. The number of rotatable bonds is 7. The molecular formula is C54H34N6. The Morgan fingerprint density at radius 2 is 0.633 bits per heavy atom. The Morgan fingerprint density at radius 3 is 1.13 bits per heavy atom. The Hall–Kier alpha value is -8.22. The summed E-state index contributed by atoms with van der Waals surface area (Å²) in [6.45, 7) is 0. The van der Waals surface area contributed by atoms with E-state index in [-0.39, 0.29) is 0 Å². The lowest BCUT2D eigenvalue weighted by atomic mass is 9.92. The third-order valence-corrected chi connectivity index (χ3v) is 10.9. The van der Waals surface area contributed by atoms with Crippen molar-refractivity contribution in [1.82, 2.24) is 29.9 Å². The first-order chi connectivity index (χ1) is 29.8. The average molecular weight is 767 g/mol. The Morgan fingerprint density at radius 1 is 0.233 bits per heavy atom. The van der Waals surface area contributed by atoms with Crippen molar-refractivity contribution in [2.24, 2.45) is 0 Å². The molecule has 0 saturated heterocycles. The van der Waals surface area contributed by atoms with Crippen molar-refractivity contribution >= 4 is 32.7 Å². The highest BCUT2D eigenvalue weighted by Crippen LogP contribution is 2.44. The molecule has 6 nitrogen and oxygen atoms in total. The van der Waals surface area contributed by atoms with Gasteiger partial charge in [0.05, 0.1) is 33.6 Å². The molecule has 8 aromatic carbocycles. The van der Waals surface area contributed by atoms with Crippen LogP contribution in [0.5, 0.6) is 0 Å². The van der Waals surface area contributed by atoms with Gasteiger partial charge in [-0.15, -0.1) is 0 Å². The molecule has 280 valence electrons. The van der Waals surface area contributed by atoms with E-state index in [4.69, 9.17) is 29.9 Å². The molecule has 0 aliphatic rings. The Balaban J connectivity index is 1.30. The van der Waals surface area contributed by atoms with Crippen LogP contribution in [0.1, 0.15) is 0 Å². The van der Waals surface area contributed by atoms with Crippen LogP contribution in [-0.4, -0.2) is 29.9 Å². The molecule has 0 fully saturated rings. The molecule has 0 spiro atoms. The molecule has 60 heavy (non-hydrogen) atoms. The highest BCUT2D eigenvalue weighted by atomic mass is 15.0. The first-order valence-corrected chi connectivity index (χ1v) is 20.0. The molecular weight excluding hydrogens is 733 g/mol. The molecule has 6 heteroatoms. The van der Waals surface area contributed by atoms with Crippen molar-refractivity contribution in [2.75, 3.05) is 0 Å². The molecule has 0 radical (unpaired) electrons. The van der Waals surface area contributed by atoms with Crippen molar-refractivity contribution < 1.29 is 0 Å². The van der Waals surface area contributed by atoms with Crippen LogP contribution in [0.25, 0.3) is 112 Å². The third kappa shape index (κ3) is 6.24. The Labute approximate surface area is 346 Å². The molecule has 0 aliphatic heterocycles. The van der Waals surface area contributed by atoms with E-state index in [2.05, 4.69) is 121 Å². The van der Waals surface area contributed by atoms with E-state index in [1.165, 1.54) is 0 Å². The standard InChI is InChI=1S/C54H34N6/c1-7-20-35(21-8-1)43-34-44-45(51-50(43)56-47(37-24-11-3-12-25-37)48(57-51)38-26-13-4-14-27-38)41-32-19-33-42(49(41)55-46(44)36-22-9-2-10-23-36)54-59-52(39-28-15-5-16-29-39)58-53(60-54)40-30-17-6-18-31-40/h1-34H. The molecule has 0 saturated carbocycles. The molecule has 3 aromatic heterocycles. The quantitative estimate of drug-likeness (QED) is 0.150. The number of para-hydroxylation sites is 1. The summed E-state index contributed by atoms with van der Waals surface area (Å²) in [5.41, 5.74) is 12.4. The van der Waals surface area contributed by atoms with E-state index >= 15 is 0 Å². The van der Waals surface area contributed by atoms with Crippen LogP contribution in [-0.2, 0) is 0 Å². The van der Waals surface area contributed by atoms with E-state index in [1.54, 1.807) is 0 Å². The van der Waals surface area contributed by atoms with Crippen molar-refractivity contribution in [1.29, 1.82) is 0 Å². The average Bonchev–Trinajstić information content (AvgIpc) is 3.34. The molecule has 0 bridgehead atoms. The summed E-state index contributed by atoms with van der Waals surface area (Å²) >= 11 is 0. The number of nitrogens with zero attached hydrogens (tertiary/aromatic N) is 6. The number of aromatic nitrogens is 6. The minimum atomic E-state index is 0.534. The van der Waals surface area contributed by atoms with Crippen molar-refractivity contribution in [2.45, 2.75) is 0 Å². The van der Waals surface area contributed by atoms with Crippen LogP contribution in [0.2, 0.25) is 0 Å². The highest BCUT2D eigenvalue weighted by molar-refractivity contribution is 6.25. The fraction of sp³-hybridized carbons (Fsp3) is 0. The van der Waals surface area contributed by atoms with Crippen molar-refractivity contribution in [3.63, 3.8) is 0 Å². The van der Waals surface area contributed by atoms with Crippen LogP contribution in [0, 0.1) is 0 Å². The minimum absolute atomic E-state index is 0.534. The first-order valence-electron chi connectivity index (χ1n) is 20.0. The zero-order valence-corrected chi connectivity index (χ0v) is 32.3. The van der Waals surface area contributed by atoms with Gasteiger partial charge >= 0.3 is 0 Å². The maximum Gasteiger partial charge on any atom is 0.166 e. The van der Waals surface area contributed by atoms with Crippen LogP contribution in [0.4, 0.5) is 0 Å². The van der Waals surface area contributed by atoms with Crippen LogP contribution in [0.3, 0.4) is 0 Å². The molecule has 0 aliphatic carbocycles. The second-order valence-corrected chi connectivity index (χ2v) is 14.6. The second kappa shape index (κ2) is 14.9. The number of fused-ring (bicyclic) bond motifs is 5. The number of pyridine rings is 1. The van der Waals surface area contributed by atoms with Gasteiger partial charge < -0.3 is 0 Å². The summed E-state index contributed by atoms with van der Waals surface area (Å²) in [6.07, 6.45) is 0. The molecule has 11 rings (SSSR count). The fourth-order valence-electron chi connectivity index (χ4n) is 8.06. The summed E-state index contributed by atoms with van der Waals surface area (Å²) in [5, 5.41) is 2.86. The molecule has 0 unspecified atom stereocenters. The van der Waals surface area contributed by atoms with E-state index in [1.807, 2.05) is 84.9 Å². The Kier molecular flexibility index (Phi) is 8.71. The topological polar surface area (TPSA) is 77.3 Å². The van der Waals surface area contributed by atoms with Gasteiger partial charge in [-0.05, 0) is 17.7 Å². The maximum absolute atomic E-state index is 5.70. The van der Waals surface area contributed by atoms with Gasteiger partial charge in [0, 0.05) is 55.1 Å². The monoisotopic (exact) mass is 766 g/mol. The van der Waals surface area contributed by atoms with Gasteiger partial charge in [0.15, 0.2) is 17.5 Å². The van der Waals surface area contributed by atoms with Gasteiger partial charge in [0.25, 0.3) is 0 Å². The van der Waals surface area contributed by atoms with Crippen LogP contribution < -0.4 is 0 Å². The number of hydrogen-bond donors (Lipinski definition) is 0. The van der Waals surface area contributed by atoms with Crippen molar-refractivity contribution in [3.05, 3.63) is 206 Å². The van der Waals surface area contributed by atoms with E-state index < -0.39 is 0 Å². The summed E-state index contributed by atoms with van der Waals surface area (Å²) in [5.74, 6) is 1.71. The van der Waals surface area contributed by atoms with Gasteiger partial charge in [-0.25, -0.2) is 29.9 Å². The number of hydrogen-bond acceptors (Lipinski definition) is 6. The fourth-order valence-corrected chi connectivity index (χ4v) is 8.06. The molecule has 11 aromatic rings. The SMILES string of the molecule is c1ccc(-c2nc(-c3ccccc3)nc(-c3cccc4c3nc(-c3ccccc3)c3cc(-c5ccccc5)c5nc(-c6ccccc6)c(-c6ccccc6)nc5c34)n2)cc1. The van der Waals surface area contributed by atoms with Gasteiger partial charge in [-0.3, -0.25) is 0 Å². The lowest BCUT2D eigenvalue weighted by Crippen LogP contribution is -2.02. The zero-order chi connectivity index (χ0) is 39.8. The predicted molar refractivity (Wildman–Crippen MR) is 244 cm³/mol. The molecule has 0 amide bonds. The van der Waals surface area contributed by atoms with Gasteiger partial charge in [0.2, 0.25) is 0 Å². The number of benzene rings is 8. The van der Waals surface area contributed by atoms with Crippen LogP contribution in [0.15, 0.2) is 206 Å². The Bertz CT molecular complexity index is 3270. The van der Waals surface area contributed by atoms with E-state index in [0.29, 0.717) is 17.5 Å². The van der Waals surface area contributed by atoms with Crippen LogP contribution >= 0.6 is 0 Å². The van der Waals surface area contributed by atoms with E-state index in [9.17, 15) is 0 Å². The van der Waals surface area contributed by atoms with Crippen molar-refractivity contribution in [3.8, 4) is 79.1 Å². The largest absolute Gasteiger partial charge is 0.246 e. The minimum Gasteiger partial charge on any atom is -0.246 e. The van der Waals surface area contributed by atoms with Gasteiger partial charge in [-0.2, -0.15) is 0 Å². The normalized spacial score (nSPS) is 11.3. The van der Waals surface area contributed by atoms with Gasteiger partial charge in [0.1, 0.15) is 0 Å². The molecule has 0 atom stereocenters. The zero-order valence-electron chi connectivity index (χ0n) is 32.3. The summed E-state index contributed by atoms with van der Waals surface area (Å²) in [4.78, 5) is 32.2. The second-order valence-electron chi connectivity index (χ2n) is 14.6. The van der Waals surface area contributed by atoms with E-state index in [0.717, 1.165) is 94.3 Å². The molecule has 3 heterocycles. The summed E-state index contributed by atoms with van der Waals surface area (Å²) in [6, 6.07) is 70.2. The third-order valence-electron chi connectivity index (χ3n) is 10.9.